The molecule has 0 aliphatic heterocycles. The number of carbonyl (C=O) groups is 1. The van der Waals surface area contributed by atoms with Crippen molar-refractivity contribution in [3.8, 4) is 5.75 Å². The predicted molar refractivity (Wildman–Crippen MR) is 116 cm³/mol. The van der Waals surface area contributed by atoms with E-state index in [1.165, 1.54) is 32.4 Å². The van der Waals surface area contributed by atoms with E-state index in [1.54, 1.807) is 38.2 Å². The molecule has 3 rings (SSSR count). The van der Waals surface area contributed by atoms with Crippen LogP contribution in [0.15, 0.2) is 35.4 Å². The zero-order valence-electron chi connectivity index (χ0n) is 17.7. The van der Waals surface area contributed by atoms with E-state index in [9.17, 15) is 13.2 Å². The van der Waals surface area contributed by atoms with Crippen LogP contribution in [-0.4, -0.2) is 33.0 Å². The van der Waals surface area contributed by atoms with Gasteiger partial charge in [0.1, 0.15) is 0 Å². The first-order chi connectivity index (χ1) is 14.3. The van der Waals surface area contributed by atoms with Gasteiger partial charge in [-0.1, -0.05) is 19.3 Å². The summed E-state index contributed by atoms with van der Waals surface area (Å²) in [4.78, 5) is 17.2. The lowest BCUT2D eigenvalue weighted by Gasteiger charge is -2.22. The number of anilines is 1. The van der Waals surface area contributed by atoms with Gasteiger partial charge in [0, 0.05) is 11.8 Å². The van der Waals surface area contributed by atoms with Gasteiger partial charge in [-0.25, -0.2) is 18.1 Å². The number of nitrogens with zero attached hydrogens (tertiary/aromatic N) is 1. The summed E-state index contributed by atoms with van der Waals surface area (Å²) in [7, 11) is -2.33. The van der Waals surface area contributed by atoms with Gasteiger partial charge >= 0.3 is 0 Å². The molecule has 1 amide bonds. The highest BCUT2D eigenvalue weighted by Crippen LogP contribution is 2.28. The van der Waals surface area contributed by atoms with Gasteiger partial charge in [0.2, 0.25) is 10.0 Å². The van der Waals surface area contributed by atoms with E-state index in [-0.39, 0.29) is 10.5 Å². The first-order valence-corrected chi connectivity index (χ1v) is 11.7. The monoisotopic (exact) mass is 431 g/mol. The van der Waals surface area contributed by atoms with Crippen molar-refractivity contribution in [1.29, 1.82) is 0 Å². The highest BCUT2D eigenvalue weighted by Gasteiger charge is 2.21. The van der Waals surface area contributed by atoms with Crippen molar-refractivity contribution in [3.63, 3.8) is 0 Å². The molecular weight excluding hydrogens is 402 g/mol. The van der Waals surface area contributed by atoms with E-state index >= 15 is 0 Å². The fraction of sp³-hybridized carbons (Fsp3) is 0.455. The fourth-order valence-corrected chi connectivity index (χ4v) is 4.76. The molecule has 1 aromatic heterocycles. The minimum Gasteiger partial charge on any atom is -0.489 e. The smallest absolute Gasteiger partial charge is 0.256 e. The Hall–Kier alpha value is -2.45. The zero-order chi connectivity index (χ0) is 21.7. The van der Waals surface area contributed by atoms with Crippen molar-refractivity contribution < 1.29 is 17.9 Å². The maximum absolute atomic E-state index is 12.9. The Morgan fingerprint density at radius 1 is 1.20 bits per heavy atom. The topological polar surface area (TPSA) is 97.4 Å². The van der Waals surface area contributed by atoms with Crippen molar-refractivity contribution in [3.05, 3.63) is 47.2 Å². The van der Waals surface area contributed by atoms with E-state index < -0.39 is 15.9 Å². The number of carbonyl (C=O) groups excluding carboxylic acids is 1. The standard InChI is InChI=1S/C22H29N3O4S/c1-15-12-18(13-20(16(15)2)30(27,28)23-3)22(26)25-21-19(10-7-11-24-21)29-14-17-8-5-4-6-9-17/h7,10-13,17,23H,4-6,8-9,14H2,1-3H3,(H,24,25,26). The number of nitrogens with one attached hydrogen (secondary N) is 2. The summed E-state index contributed by atoms with van der Waals surface area (Å²) in [5, 5.41) is 2.77. The van der Waals surface area contributed by atoms with Crippen molar-refractivity contribution in [2.75, 3.05) is 19.0 Å². The molecule has 2 aromatic rings. The summed E-state index contributed by atoms with van der Waals surface area (Å²) in [5.74, 6) is 0.932. The van der Waals surface area contributed by atoms with Crippen LogP contribution in [0.2, 0.25) is 0 Å². The lowest BCUT2D eigenvalue weighted by Crippen LogP contribution is -2.22. The maximum Gasteiger partial charge on any atom is 0.256 e. The third-order valence-corrected chi connectivity index (χ3v) is 7.18. The maximum atomic E-state index is 12.9. The molecule has 7 nitrogen and oxygen atoms in total. The van der Waals surface area contributed by atoms with Crippen LogP contribution in [0.4, 0.5) is 5.82 Å². The number of hydrogen-bond donors (Lipinski definition) is 2. The number of aryl methyl sites for hydroxylation is 1. The van der Waals surface area contributed by atoms with Crippen LogP contribution < -0.4 is 14.8 Å². The van der Waals surface area contributed by atoms with E-state index in [0.717, 1.165) is 12.8 Å². The molecule has 1 aliphatic rings. The second-order valence-corrected chi connectivity index (χ2v) is 9.60. The highest BCUT2D eigenvalue weighted by molar-refractivity contribution is 7.89. The Morgan fingerprint density at radius 3 is 2.63 bits per heavy atom. The first-order valence-electron chi connectivity index (χ1n) is 10.3. The van der Waals surface area contributed by atoms with Gasteiger partial charge in [-0.3, -0.25) is 4.79 Å². The third kappa shape index (κ3) is 5.17. The second-order valence-electron chi connectivity index (χ2n) is 7.74. The van der Waals surface area contributed by atoms with Gasteiger partial charge in [-0.05, 0) is 75.0 Å². The lowest BCUT2D eigenvalue weighted by molar-refractivity contribution is 0.102. The molecule has 1 heterocycles. The van der Waals surface area contributed by atoms with Crippen LogP contribution in [0.25, 0.3) is 0 Å². The molecule has 1 fully saturated rings. The summed E-state index contributed by atoms with van der Waals surface area (Å²) in [5.41, 5.74) is 1.57. The molecule has 0 saturated heterocycles. The second kappa shape index (κ2) is 9.57. The minimum absolute atomic E-state index is 0.0879. The lowest BCUT2D eigenvalue weighted by atomic mass is 9.90. The Morgan fingerprint density at radius 2 is 1.93 bits per heavy atom. The molecule has 1 aliphatic carbocycles. The summed E-state index contributed by atoms with van der Waals surface area (Å²) in [6.45, 7) is 4.10. The molecule has 0 bridgehead atoms. The molecule has 0 unspecified atom stereocenters. The van der Waals surface area contributed by atoms with Crippen LogP contribution in [0.5, 0.6) is 5.75 Å². The number of ether oxygens (including phenoxy) is 1. The summed E-state index contributed by atoms with van der Waals surface area (Å²) >= 11 is 0. The van der Waals surface area contributed by atoms with Crippen molar-refractivity contribution in [1.82, 2.24) is 9.71 Å². The van der Waals surface area contributed by atoms with Crippen LogP contribution in [-0.2, 0) is 10.0 Å². The molecule has 8 heteroatoms. The molecule has 162 valence electrons. The molecule has 0 spiro atoms. The highest BCUT2D eigenvalue weighted by atomic mass is 32.2. The summed E-state index contributed by atoms with van der Waals surface area (Å²) in [6, 6.07) is 6.60. The Kier molecular flexibility index (Phi) is 7.10. The van der Waals surface area contributed by atoms with E-state index in [4.69, 9.17) is 4.74 Å². The van der Waals surface area contributed by atoms with Gasteiger partial charge in [-0.2, -0.15) is 0 Å². The minimum atomic E-state index is -3.68. The van der Waals surface area contributed by atoms with Crippen LogP contribution in [0, 0.1) is 19.8 Å². The predicted octanol–water partition coefficient (Wildman–Crippen LogP) is 3.82. The number of benzene rings is 1. The Balaban J connectivity index is 1.79. The zero-order valence-corrected chi connectivity index (χ0v) is 18.5. The summed E-state index contributed by atoms with van der Waals surface area (Å²) < 4.78 is 32.9. The normalized spacial score (nSPS) is 15.0. The average molecular weight is 432 g/mol. The molecule has 0 radical (unpaired) electrons. The Labute approximate surface area is 178 Å². The van der Waals surface area contributed by atoms with Crippen molar-refractivity contribution in [2.45, 2.75) is 50.8 Å². The number of aromatic nitrogens is 1. The number of rotatable bonds is 7. The SMILES string of the molecule is CNS(=O)(=O)c1cc(C(=O)Nc2ncccc2OCC2CCCCC2)cc(C)c1C. The number of amides is 1. The van der Waals surface area contributed by atoms with E-state index in [1.807, 2.05) is 0 Å². The quantitative estimate of drug-likeness (QED) is 0.695. The molecule has 30 heavy (non-hydrogen) atoms. The number of hydrogen-bond acceptors (Lipinski definition) is 5. The van der Waals surface area contributed by atoms with Crippen LogP contribution >= 0.6 is 0 Å². The van der Waals surface area contributed by atoms with Gasteiger partial charge in [0.05, 0.1) is 11.5 Å². The molecule has 2 N–H and O–H groups in total. The number of sulfonamides is 1. The molecule has 0 atom stereocenters. The Bertz CT molecular complexity index is 1020. The third-order valence-electron chi connectivity index (χ3n) is 5.64. The van der Waals surface area contributed by atoms with Gasteiger partial charge in [-0.15, -0.1) is 0 Å². The van der Waals surface area contributed by atoms with Gasteiger partial charge in [0.15, 0.2) is 11.6 Å². The largest absolute Gasteiger partial charge is 0.489 e. The fourth-order valence-electron chi connectivity index (χ4n) is 3.69. The molecular formula is C22H29N3O4S. The number of pyridine rings is 1. The van der Waals surface area contributed by atoms with Crippen molar-refractivity contribution in [2.24, 2.45) is 5.92 Å². The molecule has 1 aromatic carbocycles. The van der Waals surface area contributed by atoms with Crippen LogP contribution in [0.3, 0.4) is 0 Å². The van der Waals surface area contributed by atoms with E-state index in [0.29, 0.717) is 35.2 Å². The summed E-state index contributed by atoms with van der Waals surface area (Å²) in [6.07, 6.45) is 7.65. The average Bonchev–Trinajstić information content (AvgIpc) is 2.75. The molecule has 1 saturated carbocycles. The van der Waals surface area contributed by atoms with Gasteiger partial charge in [0.25, 0.3) is 5.91 Å². The van der Waals surface area contributed by atoms with Gasteiger partial charge < -0.3 is 10.1 Å². The van der Waals surface area contributed by atoms with Crippen LogP contribution in [0.1, 0.15) is 53.6 Å². The first kappa shape index (κ1) is 22.2. The van der Waals surface area contributed by atoms with Crippen molar-refractivity contribution >= 4 is 21.7 Å². The van der Waals surface area contributed by atoms with E-state index in [2.05, 4.69) is 15.0 Å².